The van der Waals surface area contributed by atoms with Crippen molar-refractivity contribution in [3.8, 4) is 0 Å². The fourth-order valence-corrected chi connectivity index (χ4v) is 2.20. The Morgan fingerprint density at radius 1 is 1.50 bits per heavy atom. The van der Waals surface area contributed by atoms with E-state index in [1.54, 1.807) is 11.3 Å². The van der Waals surface area contributed by atoms with E-state index in [1.165, 1.54) is 5.56 Å². The smallest absolute Gasteiger partial charge is 0.239 e. The summed E-state index contributed by atoms with van der Waals surface area (Å²) >= 11 is 1.69. The van der Waals surface area contributed by atoms with E-state index in [1.807, 2.05) is 20.8 Å². The zero-order valence-electron chi connectivity index (χ0n) is 10.2. The van der Waals surface area contributed by atoms with Gasteiger partial charge >= 0.3 is 0 Å². The Bertz CT molecular complexity index is 320. The second-order valence-corrected chi connectivity index (χ2v) is 5.07. The van der Waals surface area contributed by atoms with Gasteiger partial charge in [-0.1, -0.05) is 6.92 Å². The first-order chi connectivity index (χ1) is 7.56. The van der Waals surface area contributed by atoms with Crippen molar-refractivity contribution in [2.75, 3.05) is 13.1 Å². The van der Waals surface area contributed by atoms with E-state index in [0.717, 1.165) is 13.0 Å². The van der Waals surface area contributed by atoms with Crippen LogP contribution in [0.3, 0.4) is 0 Å². The number of hydrogen-bond donors (Lipinski definition) is 2. The molecule has 0 fully saturated rings. The molecule has 3 nitrogen and oxygen atoms in total. The highest BCUT2D eigenvalue weighted by molar-refractivity contribution is 7.07. The Hall–Kier alpha value is -0.870. The number of hydrogen-bond acceptors (Lipinski definition) is 3. The number of rotatable bonds is 6. The van der Waals surface area contributed by atoms with Crippen LogP contribution in [0.5, 0.6) is 0 Å². The standard InChI is InChI=1S/C12H20N2OS/c1-4-14-12(2,3)11(15)13-7-5-10-6-8-16-9-10/h6,8-9,14H,4-5,7H2,1-3H3,(H,13,15). The van der Waals surface area contributed by atoms with Gasteiger partial charge < -0.3 is 10.6 Å². The van der Waals surface area contributed by atoms with Gasteiger partial charge in [-0.2, -0.15) is 11.3 Å². The molecule has 16 heavy (non-hydrogen) atoms. The van der Waals surface area contributed by atoms with E-state index < -0.39 is 5.54 Å². The largest absolute Gasteiger partial charge is 0.354 e. The summed E-state index contributed by atoms with van der Waals surface area (Å²) in [6, 6.07) is 2.09. The van der Waals surface area contributed by atoms with Gasteiger partial charge in [0, 0.05) is 6.54 Å². The molecule has 0 aliphatic carbocycles. The molecule has 1 amide bonds. The Morgan fingerprint density at radius 2 is 2.25 bits per heavy atom. The molecular weight excluding hydrogens is 220 g/mol. The van der Waals surface area contributed by atoms with Crippen molar-refractivity contribution in [3.63, 3.8) is 0 Å². The van der Waals surface area contributed by atoms with E-state index in [4.69, 9.17) is 0 Å². The van der Waals surface area contributed by atoms with Gasteiger partial charge in [-0.25, -0.2) is 0 Å². The summed E-state index contributed by atoms with van der Waals surface area (Å²) in [6.07, 6.45) is 0.900. The van der Waals surface area contributed by atoms with Crippen molar-refractivity contribution < 1.29 is 4.79 Å². The van der Waals surface area contributed by atoms with Gasteiger partial charge in [-0.15, -0.1) is 0 Å². The van der Waals surface area contributed by atoms with Crippen molar-refractivity contribution in [1.82, 2.24) is 10.6 Å². The van der Waals surface area contributed by atoms with Crippen LogP contribution < -0.4 is 10.6 Å². The van der Waals surface area contributed by atoms with E-state index in [-0.39, 0.29) is 5.91 Å². The Labute approximate surface area is 101 Å². The maximum atomic E-state index is 11.8. The molecular formula is C12H20N2OS. The molecule has 1 aromatic heterocycles. The monoisotopic (exact) mass is 240 g/mol. The second kappa shape index (κ2) is 6.01. The lowest BCUT2D eigenvalue weighted by Gasteiger charge is -2.24. The van der Waals surface area contributed by atoms with Crippen molar-refractivity contribution in [2.24, 2.45) is 0 Å². The number of likely N-dealkylation sites (N-methyl/N-ethyl adjacent to an activating group) is 1. The molecule has 4 heteroatoms. The highest BCUT2D eigenvalue weighted by Crippen LogP contribution is 2.06. The van der Waals surface area contributed by atoms with E-state index in [0.29, 0.717) is 6.54 Å². The lowest BCUT2D eigenvalue weighted by molar-refractivity contribution is -0.126. The third-order valence-corrected chi connectivity index (χ3v) is 3.20. The molecule has 0 saturated heterocycles. The Morgan fingerprint density at radius 3 is 2.81 bits per heavy atom. The lowest BCUT2D eigenvalue weighted by atomic mass is 10.0. The average Bonchev–Trinajstić information content (AvgIpc) is 2.70. The fourth-order valence-electron chi connectivity index (χ4n) is 1.50. The molecule has 0 aliphatic rings. The van der Waals surface area contributed by atoms with Gasteiger partial charge in [0.2, 0.25) is 5.91 Å². The van der Waals surface area contributed by atoms with Crippen LogP contribution >= 0.6 is 11.3 Å². The zero-order chi connectivity index (χ0) is 12.0. The van der Waals surface area contributed by atoms with Gasteiger partial charge in [0.05, 0.1) is 5.54 Å². The minimum absolute atomic E-state index is 0.0598. The number of nitrogens with one attached hydrogen (secondary N) is 2. The van der Waals surface area contributed by atoms with Crippen LogP contribution in [0.25, 0.3) is 0 Å². The van der Waals surface area contributed by atoms with E-state index >= 15 is 0 Å². The lowest BCUT2D eigenvalue weighted by Crippen LogP contribution is -2.52. The quantitative estimate of drug-likeness (QED) is 0.796. The summed E-state index contributed by atoms with van der Waals surface area (Å²) in [5.74, 6) is 0.0598. The van der Waals surface area contributed by atoms with Crippen LogP contribution in [-0.4, -0.2) is 24.5 Å². The molecule has 0 aromatic carbocycles. The molecule has 0 aliphatic heterocycles. The van der Waals surface area contributed by atoms with Crippen LogP contribution in [0.1, 0.15) is 26.3 Å². The third-order valence-electron chi connectivity index (χ3n) is 2.47. The highest BCUT2D eigenvalue weighted by atomic mass is 32.1. The number of thiophene rings is 1. The average molecular weight is 240 g/mol. The van der Waals surface area contributed by atoms with Gasteiger partial charge in [0.25, 0.3) is 0 Å². The Kier molecular flexibility index (Phi) is 4.96. The highest BCUT2D eigenvalue weighted by Gasteiger charge is 2.25. The summed E-state index contributed by atoms with van der Waals surface area (Å²) in [4.78, 5) is 11.8. The minimum Gasteiger partial charge on any atom is -0.354 e. The fraction of sp³-hybridized carbons (Fsp3) is 0.583. The van der Waals surface area contributed by atoms with Crippen molar-refractivity contribution in [1.29, 1.82) is 0 Å². The molecule has 0 atom stereocenters. The molecule has 1 rings (SSSR count). The molecule has 0 unspecified atom stereocenters. The van der Waals surface area contributed by atoms with Gasteiger partial charge in [0.1, 0.15) is 0 Å². The summed E-state index contributed by atoms with van der Waals surface area (Å²) < 4.78 is 0. The third kappa shape index (κ3) is 3.94. The molecule has 0 radical (unpaired) electrons. The van der Waals surface area contributed by atoms with Gasteiger partial charge in [-0.3, -0.25) is 4.79 Å². The van der Waals surface area contributed by atoms with Crippen molar-refractivity contribution in [2.45, 2.75) is 32.7 Å². The van der Waals surface area contributed by atoms with E-state index in [2.05, 4.69) is 27.5 Å². The van der Waals surface area contributed by atoms with Crippen LogP contribution in [0.4, 0.5) is 0 Å². The van der Waals surface area contributed by atoms with Crippen LogP contribution in [0, 0.1) is 0 Å². The maximum Gasteiger partial charge on any atom is 0.239 e. The Balaban J connectivity index is 2.30. The molecule has 0 saturated carbocycles. The molecule has 2 N–H and O–H groups in total. The zero-order valence-corrected chi connectivity index (χ0v) is 11.0. The summed E-state index contributed by atoms with van der Waals surface area (Å²) in [5, 5.41) is 10.3. The second-order valence-electron chi connectivity index (χ2n) is 4.29. The van der Waals surface area contributed by atoms with Crippen LogP contribution in [-0.2, 0) is 11.2 Å². The maximum absolute atomic E-state index is 11.8. The number of carbonyl (C=O) groups is 1. The summed E-state index contributed by atoms with van der Waals surface area (Å²) in [7, 11) is 0. The van der Waals surface area contributed by atoms with E-state index in [9.17, 15) is 4.79 Å². The molecule has 0 spiro atoms. The van der Waals surface area contributed by atoms with Crippen molar-refractivity contribution >= 4 is 17.2 Å². The first kappa shape index (κ1) is 13.2. The summed E-state index contributed by atoms with van der Waals surface area (Å²) in [6.45, 7) is 7.29. The topological polar surface area (TPSA) is 41.1 Å². The van der Waals surface area contributed by atoms with Gasteiger partial charge in [0.15, 0.2) is 0 Å². The van der Waals surface area contributed by atoms with Crippen LogP contribution in [0.2, 0.25) is 0 Å². The SMILES string of the molecule is CCNC(C)(C)C(=O)NCCc1ccsc1. The molecule has 1 heterocycles. The normalized spacial score (nSPS) is 11.4. The van der Waals surface area contributed by atoms with Crippen LogP contribution in [0.15, 0.2) is 16.8 Å². The summed E-state index contributed by atoms with van der Waals surface area (Å²) in [5.41, 5.74) is 0.801. The number of amides is 1. The van der Waals surface area contributed by atoms with Crippen molar-refractivity contribution in [3.05, 3.63) is 22.4 Å². The van der Waals surface area contributed by atoms with Gasteiger partial charge in [-0.05, 0) is 49.2 Å². The predicted octanol–water partition coefficient (Wildman–Crippen LogP) is 1.79. The predicted molar refractivity (Wildman–Crippen MR) is 68.8 cm³/mol. The first-order valence-corrected chi connectivity index (χ1v) is 6.55. The first-order valence-electron chi connectivity index (χ1n) is 5.60. The molecule has 90 valence electrons. The minimum atomic E-state index is -0.483. The molecule has 0 bridgehead atoms. The molecule has 1 aromatic rings. The number of carbonyl (C=O) groups excluding carboxylic acids is 1.